The van der Waals surface area contributed by atoms with Gasteiger partial charge >= 0.3 is 5.97 Å². The third-order valence-electron chi connectivity index (χ3n) is 5.61. The maximum Gasteiger partial charge on any atom is 0.328 e. The van der Waals surface area contributed by atoms with Crippen LogP contribution in [-0.4, -0.2) is 61.7 Å². The molecule has 6 atom stereocenters. The van der Waals surface area contributed by atoms with Crippen LogP contribution in [0.5, 0.6) is 0 Å². The number of halogens is 2. The van der Waals surface area contributed by atoms with Gasteiger partial charge in [0, 0.05) is 20.1 Å². The van der Waals surface area contributed by atoms with Gasteiger partial charge in [-0.1, -0.05) is 50.1 Å². The number of hydrogen-bond acceptors (Lipinski definition) is 5. The Balaban J connectivity index is 2.06. The fraction of sp³-hybridized carbons (Fsp3) is 0.652. The molecule has 8 heteroatoms. The predicted octanol–water partition coefficient (Wildman–Crippen LogP) is 3.71. The van der Waals surface area contributed by atoms with Gasteiger partial charge in [0.25, 0.3) is 0 Å². The van der Waals surface area contributed by atoms with Crippen molar-refractivity contribution in [2.24, 2.45) is 5.92 Å². The van der Waals surface area contributed by atoms with Gasteiger partial charge in [-0.25, -0.2) is 4.79 Å². The van der Waals surface area contributed by atoms with E-state index >= 15 is 0 Å². The number of rotatable bonds is 11. The molecule has 174 valence electrons. The van der Waals surface area contributed by atoms with Crippen molar-refractivity contribution in [2.75, 3.05) is 20.8 Å². The molecule has 1 aromatic carbocycles. The van der Waals surface area contributed by atoms with Crippen LogP contribution in [-0.2, 0) is 30.2 Å². The zero-order valence-electron chi connectivity index (χ0n) is 18.4. The molecular formula is C23H33Cl2NO5. The molecule has 31 heavy (non-hydrogen) atoms. The first-order chi connectivity index (χ1) is 14.9. The topological polar surface area (TPSA) is 73.9 Å². The summed E-state index contributed by atoms with van der Waals surface area (Å²) in [6.45, 7) is 2.69. The summed E-state index contributed by atoms with van der Waals surface area (Å²) >= 11 is 13.2. The summed E-state index contributed by atoms with van der Waals surface area (Å²) in [5.74, 6) is -1.45. The van der Waals surface area contributed by atoms with Gasteiger partial charge in [-0.05, 0) is 18.4 Å². The number of nitrogens with one attached hydrogen (secondary N) is 1. The first-order valence-corrected chi connectivity index (χ1v) is 11.6. The molecule has 0 radical (unpaired) electrons. The Hall–Kier alpha value is -1.34. The lowest BCUT2D eigenvalue weighted by molar-refractivity contribution is -0.147. The Bertz CT molecular complexity index is 690. The highest BCUT2D eigenvalue weighted by atomic mass is 35.5. The van der Waals surface area contributed by atoms with Gasteiger partial charge in [0.15, 0.2) is 0 Å². The van der Waals surface area contributed by atoms with E-state index in [1.165, 1.54) is 14.2 Å². The van der Waals surface area contributed by atoms with Crippen molar-refractivity contribution < 1.29 is 23.8 Å². The van der Waals surface area contributed by atoms with Crippen molar-refractivity contribution in [1.29, 1.82) is 0 Å². The minimum Gasteiger partial charge on any atom is -0.467 e. The van der Waals surface area contributed by atoms with Crippen LogP contribution in [0.1, 0.15) is 38.2 Å². The molecule has 5 unspecified atom stereocenters. The molecule has 0 aliphatic heterocycles. The Morgan fingerprint density at radius 2 is 1.84 bits per heavy atom. The first-order valence-electron chi connectivity index (χ1n) is 10.8. The van der Waals surface area contributed by atoms with Crippen molar-refractivity contribution in [2.45, 2.75) is 68.0 Å². The van der Waals surface area contributed by atoms with E-state index in [4.69, 9.17) is 37.4 Å². The van der Waals surface area contributed by atoms with Crippen molar-refractivity contribution >= 4 is 35.1 Å². The number of carbonyl (C=O) groups is 2. The number of ether oxygens (including phenoxy) is 3. The highest BCUT2D eigenvalue weighted by Gasteiger charge is 2.47. The molecular weight excluding hydrogens is 441 g/mol. The molecule has 0 saturated heterocycles. The zero-order valence-corrected chi connectivity index (χ0v) is 19.9. The lowest BCUT2D eigenvalue weighted by atomic mass is 9.82. The fourth-order valence-corrected chi connectivity index (χ4v) is 4.92. The van der Waals surface area contributed by atoms with Crippen LogP contribution in [0.15, 0.2) is 30.3 Å². The standard InChI is InChI=1S/C23H33Cl2NO5/c1-4-5-9-12-31-21-17(24)14-16(20(29-2)19(21)25)22(27)26-18(23(28)30-3)13-15-10-7-6-8-11-15/h6-8,10-11,16-21H,4-5,9,12-14H2,1-3H3,(H,26,27)/t16?,17?,18-,19?,20?,21?/m0/s1. The molecule has 1 aromatic rings. The molecule has 1 aliphatic rings. The van der Waals surface area contributed by atoms with Gasteiger partial charge in [-0.2, -0.15) is 0 Å². The third kappa shape index (κ3) is 7.35. The molecule has 1 amide bonds. The normalized spacial score (nSPS) is 26.8. The number of esters is 1. The van der Waals surface area contributed by atoms with Crippen molar-refractivity contribution in [3.63, 3.8) is 0 Å². The van der Waals surface area contributed by atoms with Gasteiger partial charge in [0.2, 0.25) is 5.91 Å². The largest absolute Gasteiger partial charge is 0.467 e. The summed E-state index contributed by atoms with van der Waals surface area (Å²) in [4.78, 5) is 25.4. The zero-order chi connectivity index (χ0) is 22.8. The SMILES string of the molecule is CCCCCOC1C(Cl)CC(C(=O)N[C@@H](Cc2ccccc2)C(=O)OC)C(OC)C1Cl. The molecule has 1 saturated carbocycles. The first kappa shape index (κ1) is 25.9. The number of alkyl halides is 2. The van der Waals surface area contributed by atoms with Crippen LogP contribution < -0.4 is 5.32 Å². The Kier molecular flexibility index (Phi) is 11.1. The highest BCUT2D eigenvalue weighted by Crippen LogP contribution is 2.36. The van der Waals surface area contributed by atoms with E-state index in [1.807, 2.05) is 30.3 Å². The number of amides is 1. The Morgan fingerprint density at radius 3 is 2.45 bits per heavy atom. The maximum absolute atomic E-state index is 13.1. The van der Waals surface area contributed by atoms with Crippen LogP contribution in [0.3, 0.4) is 0 Å². The second-order valence-corrected chi connectivity index (χ2v) is 8.88. The van der Waals surface area contributed by atoms with Crippen LogP contribution >= 0.6 is 23.2 Å². The number of benzene rings is 1. The molecule has 1 N–H and O–H groups in total. The van der Waals surface area contributed by atoms with Crippen LogP contribution in [0.4, 0.5) is 0 Å². The molecule has 0 spiro atoms. The second kappa shape index (κ2) is 13.3. The average molecular weight is 474 g/mol. The van der Waals surface area contributed by atoms with Gasteiger partial charge < -0.3 is 19.5 Å². The van der Waals surface area contributed by atoms with Crippen LogP contribution in [0.2, 0.25) is 0 Å². The van der Waals surface area contributed by atoms with E-state index in [0.29, 0.717) is 19.4 Å². The van der Waals surface area contributed by atoms with E-state index in [9.17, 15) is 9.59 Å². The number of carbonyl (C=O) groups excluding carboxylic acids is 2. The molecule has 0 bridgehead atoms. The summed E-state index contributed by atoms with van der Waals surface area (Å²) < 4.78 is 16.4. The Morgan fingerprint density at radius 1 is 1.13 bits per heavy atom. The van der Waals surface area contributed by atoms with E-state index in [1.54, 1.807) is 0 Å². The quantitative estimate of drug-likeness (QED) is 0.301. The highest BCUT2D eigenvalue weighted by molar-refractivity contribution is 6.25. The summed E-state index contributed by atoms with van der Waals surface area (Å²) in [5, 5.41) is 1.80. The van der Waals surface area contributed by atoms with E-state index in [2.05, 4.69) is 12.2 Å². The molecule has 0 heterocycles. The molecule has 6 nitrogen and oxygen atoms in total. The lowest BCUT2D eigenvalue weighted by Crippen LogP contribution is -2.57. The maximum atomic E-state index is 13.1. The van der Waals surface area contributed by atoms with Gasteiger partial charge in [-0.3, -0.25) is 4.79 Å². The average Bonchev–Trinajstić information content (AvgIpc) is 2.77. The van der Waals surface area contributed by atoms with E-state index in [0.717, 1.165) is 24.8 Å². The van der Waals surface area contributed by atoms with E-state index in [-0.39, 0.29) is 5.91 Å². The van der Waals surface area contributed by atoms with Crippen LogP contribution in [0.25, 0.3) is 0 Å². The minimum absolute atomic E-state index is 0.321. The van der Waals surface area contributed by atoms with E-state index < -0.39 is 40.9 Å². The number of hydrogen-bond donors (Lipinski definition) is 1. The minimum atomic E-state index is -0.817. The van der Waals surface area contributed by atoms with Crippen molar-refractivity contribution in [3.05, 3.63) is 35.9 Å². The smallest absolute Gasteiger partial charge is 0.328 e. The number of methoxy groups -OCH3 is 2. The Labute approximate surface area is 194 Å². The molecule has 0 aromatic heterocycles. The van der Waals surface area contributed by atoms with Crippen molar-refractivity contribution in [1.82, 2.24) is 5.32 Å². The molecule has 1 fully saturated rings. The second-order valence-electron chi connectivity index (χ2n) is 7.82. The third-order valence-corrected chi connectivity index (χ3v) is 6.54. The van der Waals surface area contributed by atoms with Crippen molar-refractivity contribution in [3.8, 4) is 0 Å². The number of unbranched alkanes of at least 4 members (excludes halogenated alkanes) is 2. The molecule has 1 aliphatic carbocycles. The fourth-order valence-electron chi connectivity index (χ4n) is 3.90. The monoisotopic (exact) mass is 473 g/mol. The van der Waals surface area contributed by atoms with Gasteiger partial charge in [-0.15, -0.1) is 23.2 Å². The summed E-state index contributed by atoms with van der Waals surface area (Å²) in [5.41, 5.74) is 0.913. The van der Waals surface area contributed by atoms with Crippen LogP contribution in [0, 0.1) is 5.92 Å². The lowest BCUT2D eigenvalue weighted by Gasteiger charge is -2.41. The summed E-state index contributed by atoms with van der Waals surface area (Å²) in [6, 6.07) is 8.62. The predicted molar refractivity (Wildman–Crippen MR) is 122 cm³/mol. The van der Waals surface area contributed by atoms with Gasteiger partial charge in [0.05, 0.1) is 36.0 Å². The van der Waals surface area contributed by atoms with Gasteiger partial charge in [0.1, 0.15) is 6.04 Å². The molecule has 2 rings (SSSR count). The summed E-state index contributed by atoms with van der Waals surface area (Å²) in [6.07, 6.45) is 2.77. The summed E-state index contributed by atoms with van der Waals surface area (Å²) in [7, 11) is 2.82.